The fraction of sp³-hybridized carbons (Fsp3) is 0.308. The maximum absolute atomic E-state index is 5.83. The van der Waals surface area contributed by atoms with E-state index < -0.39 is 0 Å². The normalized spacial score (nSPS) is 10.8. The first-order valence-corrected chi connectivity index (χ1v) is 6.08. The minimum absolute atomic E-state index is 0.667. The fourth-order valence-corrected chi connectivity index (χ4v) is 1.66. The zero-order chi connectivity index (χ0) is 12.8. The van der Waals surface area contributed by atoms with E-state index in [1.54, 1.807) is 7.11 Å². The van der Waals surface area contributed by atoms with Crippen LogP contribution in [-0.2, 0) is 11.3 Å². The van der Waals surface area contributed by atoms with Gasteiger partial charge in [0.15, 0.2) is 5.76 Å². The Balaban J connectivity index is 1.95. The summed E-state index contributed by atoms with van der Waals surface area (Å²) in [5.41, 5.74) is 1.84. The SMILES string of the molecule is COCCNCc1cc(-c2ccc(Cl)cc2)on1. The standard InChI is InChI=1S/C13H15ClN2O2/c1-17-7-6-15-9-12-8-13(18-16-12)10-2-4-11(14)5-3-10/h2-5,8,15H,6-7,9H2,1H3. The molecule has 4 nitrogen and oxygen atoms in total. The number of benzene rings is 1. The van der Waals surface area contributed by atoms with Gasteiger partial charge < -0.3 is 14.6 Å². The van der Waals surface area contributed by atoms with Crippen molar-refractivity contribution in [3.8, 4) is 11.3 Å². The summed E-state index contributed by atoms with van der Waals surface area (Å²) in [4.78, 5) is 0. The Morgan fingerprint density at radius 3 is 2.83 bits per heavy atom. The van der Waals surface area contributed by atoms with Gasteiger partial charge in [0.05, 0.1) is 12.3 Å². The zero-order valence-corrected chi connectivity index (χ0v) is 10.9. The number of rotatable bonds is 6. The van der Waals surface area contributed by atoms with Crippen LogP contribution >= 0.6 is 11.6 Å². The van der Waals surface area contributed by atoms with Crippen molar-refractivity contribution >= 4 is 11.6 Å². The summed E-state index contributed by atoms with van der Waals surface area (Å²) in [6.45, 7) is 2.14. The number of methoxy groups -OCH3 is 1. The Bertz CT molecular complexity index is 482. The van der Waals surface area contributed by atoms with Crippen LogP contribution in [0.15, 0.2) is 34.9 Å². The van der Waals surface area contributed by atoms with E-state index in [2.05, 4.69) is 10.5 Å². The second kappa shape index (κ2) is 6.54. The lowest BCUT2D eigenvalue weighted by Gasteiger charge is -1.99. The highest BCUT2D eigenvalue weighted by Gasteiger charge is 2.06. The molecule has 0 saturated carbocycles. The molecule has 0 aliphatic rings. The topological polar surface area (TPSA) is 47.3 Å². The molecular weight excluding hydrogens is 252 g/mol. The van der Waals surface area contributed by atoms with E-state index in [4.69, 9.17) is 20.9 Å². The number of hydrogen-bond donors (Lipinski definition) is 1. The average molecular weight is 267 g/mol. The third kappa shape index (κ3) is 3.57. The van der Waals surface area contributed by atoms with E-state index in [0.717, 1.165) is 23.6 Å². The number of halogens is 1. The molecule has 0 unspecified atom stereocenters. The third-order valence-corrected chi connectivity index (χ3v) is 2.73. The van der Waals surface area contributed by atoms with Crippen LogP contribution in [0.5, 0.6) is 0 Å². The molecule has 1 aromatic heterocycles. The Hall–Kier alpha value is -1.36. The van der Waals surface area contributed by atoms with Crippen molar-refractivity contribution in [3.63, 3.8) is 0 Å². The summed E-state index contributed by atoms with van der Waals surface area (Å²) in [5.74, 6) is 0.746. The molecule has 5 heteroatoms. The van der Waals surface area contributed by atoms with Gasteiger partial charge in [-0.25, -0.2) is 0 Å². The predicted molar refractivity (Wildman–Crippen MR) is 70.5 cm³/mol. The van der Waals surface area contributed by atoms with Crippen LogP contribution in [0.2, 0.25) is 5.02 Å². The summed E-state index contributed by atoms with van der Waals surface area (Å²) in [6, 6.07) is 9.39. The molecule has 2 rings (SSSR count). The molecule has 0 fully saturated rings. The van der Waals surface area contributed by atoms with Gasteiger partial charge in [-0.3, -0.25) is 0 Å². The minimum Gasteiger partial charge on any atom is -0.383 e. The van der Waals surface area contributed by atoms with Gasteiger partial charge in [0, 0.05) is 36.9 Å². The molecule has 1 aromatic carbocycles. The quantitative estimate of drug-likeness (QED) is 0.817. The second-order valence-corrected chi connectivity index (χ2v) is 4.30. The molecule has 0 amide bonds. The molecule has 1 heterocycles. The first-order chi connectivity index (χ1) is 8.79. The Morgan fingerprint density at radius 2 is 2.11 bits per heavy atom. The monoisotopic (exact) mass is 266 g/mol. The molecule has 0 saturated heterocycles. The summed E-state index contributed by atoms with van der Waals surface area (Å²) in [6.07, 6.45) is 0. The highest BCUT2D eigenvalue weighted by atomic mass is 35.5. The number of hydrogen-bond acceptors (Lipinski definition) is 4. The summed E-state index contributed by atoms with van der Waals surface area (Å²) >= 11 is 5.83. The first-order valence-electron chi connectivity index (χ1n) is 5.71. The fourth-order valence-electron chi connectivity index (χ4n) is 1.54. The van der Waals surface area contributed by atoms with Crippen LogP contribution in [0.4, 0.5) is 0 Å². The van der Waals surface area contributed by atoms with Crippen molar-refractivity contribution in [1.29, 1.82) is 0 Å². The maximum atomic E-state index is 5.83. The summed E-state index contributed by atoms with van der Waals surface area (Å²) < 4.78 is 10.2. The third-order valence-electron chi connectivity index (χ3n) is 2.48. The Morgan fingerprint density at radius 1 is 1.33 bits per heavy atom. The molecule has 96 valence electrons. The van der Waals surface area contributed by atoms with Crippen molar-refractivity contribution < 1.29 is 9.26 Å². The van der Waals surface area contributed by atoms with Gasteiger partial charge in [-0.2, -0.15) is 0 Å². The molecule has 0 radical (unpaired) electrons. The molecule has 0 spiro atoms. The largest absolute Gasteiger partial charge is 0.383 e. The molecule has 2 aromatic rings. The number of aromatic nitrogens is 1. The summed E-state index contributed by atoms with van der Waals surface area (Å²) in [5, 5.41) is 7.92. The number of ether oxygens (including phenoxy) is 1. The van der Waals surface area contributed by atoms with Crippen LogP contribution in [0.3, 0.4) is 0 Å². The highest BCUT2D eigenvalue weighted by Crippen LogP contribution is 2.22. The number of nitrogens with zero attached hydrogens (tertiary/aromatic N) is 1. The van der Waals surface area contributed by atoms with Crippen LogP contribution in [0.25, 0.3) is 11.3 Å². The average Bonchev–Trinajstić information content (AvgIpc) is 2.84. The van der Waals surface area contributed by atoms with E-state index in [1.807, 2.05) is 30.3 Å². The van der Waals surface area contributed by atoms with E-state index in [-0.39, 0.29) is 0 Å². The molecule has 0 aliphatic heterocycles. The van der Waals surface area contributed by atoms with Crippen molar-refractivity contribution in [2.45, 2.75) is 6.54 Å². The van der Waals surface area contributed by atoms with Crippen molar-refractivity contribution in [2.75, 3.05) is 20.3 Å². The smallest absolute Gasteiger partial charge is 0.167 e. The van der Waals surface area contributed by atoms with E-state index in [0.29, 0.717) is 18.2 Å². The van der Waals surface area contributed by atoms with Crippen LogP contribution in [0.1, 0.15) is 5.69 Å². The Labute approximate surface area is 111 Å². The first kappa shape index (κ1) is 13.1. The molecule has 1 N–H and O–H groups in total. The molecule has 18 heavy (non-hydrogen) atoms. The number of nitrogens with one attached hydrogen (secondary N) is 1. The second-order valence-electron chi connectivity index (χ2n) is 3.86. The molecule has 0 bridgehead atoms. The van der Waals surface area contributed by atoms with Crippen molar-refractivity contribution in [3.05, 3.63) is 41.0 Å². The lowest BCUT2D eigenvalue weighted by molar-refractivity contribution is 0.199. The van der Waals surface area contributed by atoms with E-state index in [1.165, 1.54) is 0 Å². The van der Waals surface area contributed by atoms with Gasteiger partial charge >= 0.3 is 0 Å². The van der Waals surface area contributed by atoms with E-state index >= 15 is 0 Å². The van der Waals surface area contributed by atoms with Crippen LogP contribution < -0.4 is 5.32 Å². The molecule has 0 aliphatic carbocycles. The lowest BCUT2D eigenvalue weighted by atomic mass is 10.1. The summed E-state index contributed by atoms with van der Waals surface area (Å²) in [7, 11) is 1.68. The molecular formula is C13H15ClN2O2. The van der Waals surface area contributed by atoms with Gasteiger partial charge in [-0.05, 0) is 24.3 Å². The van der Waals surface area contributed by atoms with Gasteiger partial charge in [0.1, 0.15) is 0 Å². The van der Waals surface area contributed by atoms with Gasteiger partial charge in [-0.15, -0.1) is 0 Å². The van der Waals surface area contributed by atoms with Gasteiger partial charge in [0.2, 0.25) is 0 Å². The minimum atomic E-state index is 0.667. The van der Waals surface area contributed by atoms with Gasteiger partial charge in [-0.1, -0.05) is 16.8 Å². The predicted octanol–water partition coefficient (Wildman–Crippen LogP) is 2.73. The van der Waals surface area contributed by atoms with Crippen molar-refractivity contribution in [2.24, 2.45) is 0 Å². The van der Waals surface area contributed by atoms with E-state index in [9.17, 15) is 0 Å². The van der Waals surface area contributed by atoms with Gasteiger partial charge in [0.25, 0.3) is 0 Å². The lowest BCUT2D eigenvalue weighted by Crippen LogP contribution is -2.18. The molecule has 0 atom stereocenters. The highest BCUT2D eigenvalue weighted by molar-refractivity contribution is 6.30. The van der Waals surface area contributed by atoms with Crippen LogP contribution in [0, 0.1) is 0 Å². The van der Waals surface area contributed by atoms with Crippen LogP contribution in [-0.4, -0.2) is 25.4 Å². The van der Waals surface area contributed by atoms with Crippen molar-refractivity contribution in [1.82, 2.24) is 10.5 Å². The maximum Gasteiger partial charge on any atom is 0.167 e. The Kier molecular flexibility index (Phi) is 4.75. The zero-order valence-electron chi connectivity index (χ0n) is 10.1.